The fourth-order valence-electron chi connectivity index (χ4n) is 2.09. The molecule has 96 valence electrons. The third kappa shape index (κ3) is 2.54. The van der Waals surface area contributed by atoms with E-state index in [1.807, 2.05) is 24.3 Å². The van der Waals surface area contributed by atoms with Crippen LogP contribution in [0.2, 0.25) is 0 Å². The van der Waals surface area contributed by atoms with E-state index in [1.165, 1.54) is 0 Å². The minimum Gasteiger partial charge on any atom is -0.480 e. The van der Waals surface area contributed by atoms with Crippen LogP contribution in [0.1, 0.15) is 5.56 Å². The van der Waals surface area contributed by atoms with Crippen LogP contribution in [-0.4, -0.2) is 41.7 Å². The second-order valence-electron chi connectivity index (χ2n) is 4.21. The highest BCUT2D eigenvalue weighted by Crippen LogP contribution is 2.28. The third-order valence-corrected chi connectivity index (χ3v) is 2.95. The Morgan fingerprint density at radius 2 is 2.33 bits per heavy atom. The summed E-state index contributed by atoms with van der Waals surface area (Å²) in [6.07, 6.45) is 1.76. The number of aliphatic hydroxyl groups is 1. The predicted molar refractivity (Wildman–Crippen MR) is 68.4 cm³/mol. The van der Waals surface area contributed by atoms with Gasteiger partial charge >= 0.3 is 0 Å². The molecule has 4 heteroatoms. The molecular formula is C14H17NO3. The van der Waals surface area contributed by atoms with Crippen molar-refractivity contribution in [3.63, 3.8) is 0 Å². The van der Waals surface area contributed by atoms with Gasteiger partial charge in [-0.3, -0.25) is 4.79 Å². The van der Waals surface area contributed by atoms with E-state index in [0.717, 1.165) is 11.3 Å². The topological polar surface area (TPSA) is 49.8 Å². The summed E-state index contributed by atoms with van der Waals surface area (Å²) in [4.78, 5) is 13.8. The van der Waals surface area contributed by atoms with Gasteiger partial charge in [0, 0.05) is 19.5 Å². The summed E-state index contributed by atoms with van der Waals surface area (Å²) in [5.74, 6) is 0.679. The van der Waals surface area contributed by atoms with Crippen LogP contribution in [-0.2, 0) is 11.2 Å². The molecule has 4 nitrogen and oxygen atoms in total. The zero-order valence-corrected chi connectivity index (χ0v) is 10.2. The number of hydrogen-bond acceptors (Lipinski definition) is 3. The first-order chi connectivity index (χ1) is 8.76. The van der Waals surface area contributed by atoms with Crippen LogP contribution in [0.25, 0.3) is 0 Å². The first-order valence-electron chi connectivity index (χ1n) is 6.01. The number of benzene rings is 1. The first kappa shape index (κ1) is 12.6. The quantitative estimate of drug-likeness (QED) is 0.790. The highest BCUT2D eigenvalue weighted by Gasteiger charge is 2.31. The van der Waals surface area contributed by atoms with Crippen LogP contribution in [0.15, 0.2) is 36.9 Å². The largest absolute Gasteiger partial charge is 0.480 e. The Labute approximate surface area is 106 Å². The second kappa shape index (κ2) is 5.69. The molecule has 1 heterocycles. The molecule has 1 aliphatic rings. The number of para-hydroxylation sites is 1. The lowest BCUT2D eigenvalue weighted by Crippen LogP contribution is -2.42. The lowest BCUT2D eigenvalue weighted by molar-refractivity contribution is -0.137. The number of carbonyl (C=O) groups excluding carboxylic acids is 1. The van der Waals surface area contributed by atoms with Gasteiger partial charge in [-0.2, -0.15) is 0 Å². The van der Waals surface area contributed by atoms with E-state index in [2.05, 4.69) is 6.58 Å². The fraction of sp³-hybridized carbons (Fsp3) is 0.357. The molecule has 0 saturated carbocycles. The zero-order valence-electron chi connectivity index (χ0n) is 10.2. The first-order valence-corrected chi connectivity index (χ1v) is 6.01. The van der Waals surface area contributed by atoms with Crippen molar-refractivity contribution < 1.29 is 14.6 Å². The molecule has 1 aromatic carbocycles. The van der Waals surface area contributed by atoms with Gasteiger partial charge in [0.15, 0.2) is 6.10 Å². The lowest BCUT2D eigenvalue weighted by atomic mass is 10.1. The number of carbonyl (C=O) groups is 1. The second-order valence-corrected chi connectivity index (χ2v) is 4.21. The van der Waals surface area contributed by atoms with Gasteiger partial charge in [0.1, 0.15) is 5.75 Å². The number of fused-ring (bicyclic) bond motifs is 1. The highest BCUT2D eigenvalue weighted by molar-refractivity contribution is 5.82. The summed E-state index contributed by atoms with van der Waals surface area (Å²) < 4.78 is 5.64. The standard InChI is InChI=1S/C14H17NO3/c1-2-7-15(8-9-16)14(17)13-10-11-5-3-4-6-12(11)18-13/h2-6,13,16H,1,7-10H2. The van der Waals surface area contributed by atoms with Crippen molar-refractivity contribution in [2.45, 2.75) is 12.5 Å². The Hall–Kier alpha value is -1.81. The van der Waals surface area contributed by atoms with E-state index < -0.39 is 6.10 Å². The number of rotatable bonds is 5. The molecule has 1 aliphatic heterocycles. The van der Waals surface area contributed by atoms with Crippen LogP contribution in [0.3, 0.4) is 0 Å². The molecular weight excluding hydrogens is 230 g/mol. The Kier molecular flexibility index (Phi) is 3.99. The number of ether oxygens (including phenoxy) is 1. The van der Waals surface area contributed by atoms with E-state index in [4.69, 9.17) is 9.84 Å². The number of aliphatic hydroxyl groups excluding tert-OH is 1. The van der Waals surface area contributed by atoms with E-state index in [1.54, 1.807) is 11.0 Å². The Morgan fingerprint density at radius 3 is 3.00 bits per heavy atom. The molecule has 0 fully saturated rings. The Bertz CT molecular complexity index is 419. The summed E-state index contributed by atoms with van der Waals surface area (Å²) in [5.41, 5.74) is 1.05. The van der Waals surface area contributed by atoms with E-state index in [-0.39, 0.29) is 12.5 Å². The van der Waals surface area contributed by atoms with Crippen LogP contribution < -0.4 is 4.74 Å². The number of nitrogens with zero attached hydrogens (tertiary/aromatic N) is 1. The van der Waals surface area contributed by atoms with Crippen molar-refractivity contribution in [3.05, 3.63) is 42.5 Å². The van der Waals surface area contributed by atoms with E-state index in [0.29, 0.717) is 19.5 Å². The summed E-state index contributed by atoms with van der Waals surface area (Å²) in [6, 6.07) is 7.66. The predicted octanol–water partition coefficient (Wildman–Crippen LogP) is 0.997. The molecule has 1 N–H and O–H groups in total. The molecule has 0 spiro atoms. The van der Waals surface area contributed by atoms with Crippen molar-refractivity contribution in [3.8, 4) is 5.75 Å². The minimum absolute atomic E-state index is 0.0563. The summed E-state index contributed by atoms with van der Waals surface area (Å²) in [5, 5.41) is 8.96. The van der Waals surface area contributed by atoms with Gasteiger partial charge in [0.25, 0.3) is 5.91 Å². The number of hydrogen-bond donors (Lipinski definition) is 1. The highest BCUT2D eigenvalue weighted by atomic mass is 16.5. The van der Waals surface area contributed by atoms with Crippen molar-refractivity contribution in [2.75, 3.05) is 19.7 Å². The molecule has 0 saturated heterocycles. The lowest BCUT2D eigenvalue weighted by Gasteiger charge is -2.23. The smallest absolute Gasteiger partial charge is 0.264 e. The zero-order chi connectivity index (χ0) is 13.0. The Balaban J connectivity index is 2.05. The van der Waals surface area contributed by atoms with E-state index >= 15 is 0 Å². The van der Waals surface area contributed by atoms with Crippen LogP contribution >= 0.6 is 0 Å². The molecule has 0 aromatic heterocycles. The van der Waals surface area contributed by atoms with Gasteiger partial charge in [-0.15, -0.1) is 6.58 Å². The normalized spacial score (nSPS) is 16.8. The molecule has 0 radical (unpaired) electrons. The van der Waals surface area contributed by atoms with Gasteiger partial charge in [-0.1, -0.05) is 24.3 Å². The maximum atomic E-state index is 12.2. The molecule has 1 unspecified atom stereocenters. The summed E-state index contributed by atoms with van der Waals surface area (Å²) in [7, 11) is 0. The monoisotopic (exact) mass is 247 g/mol. The van der Waals surface area contributed by atoms with Crippen molar-refractivity contribution in [1.82, 2.24) is 4.90 Å². The van der Waals surface area contributed by atoms with Crippen molar-refractivity contribution >= 4 is 5.91 Å². The van der Waals surface area contributed by atoms with Crippen molar-refractivity contribution in [1.29, 1.82) is 0 Å². The molecule has 1 amide bonds. The van der Waals surface area contributed by atoms with Crippen LogP contribution in [0, 0.1) is 0 Å². The maximum absolute atomic E-state index is 12.2. The maximum Gasteiger partial charge on any atom is 0.264 e. The van der Waals surface area contributed by atoms with E-state index in [9.17, 15) is 4.79 Å². The molecule has 1 atom stereocenters. The molecule has 2 rings (SSSR count). The molecule has 0 bridgehead atoms. The fourth-order valence-corrected chi connectivity index (χ4v) is 2.09. The minimum atomic E-state index is -0.478. The third-order valence-electron chi connectivity index (χ3n) is 2.95. The SMILES string of the molecule is C=CCN(CCO)C(=O)C1Cc2ccccc2O1. The number of amides is 1. The Morgan fingerprint density at radius 1 is 1.56 bits per heavy atom. The van der Waals surface area contributed by atoms with Gasteiger partial charge < -0.3 is 14.7 Å². The molecule has 0 aliphatic carbocycles. The average Bonchev–Trinajstić information content (AvgIpc) is 2.81. The van der Waals surface area contributed by atoms with Gasteiger partial charge in [0.05, 0.1) is 6.61 Å². The molecule has 1 aromatic rings. The van der Waals surface area contributed by atoms with Gasteiger partial charge in [-0.25, -0.2) is 0 Å². The van der Waals surface area contributed by atoms with Crippen LogP contribution in [0.4, 0.5) is 0 Å². The summed E-state index contributed by atoms with van der Waals surface area (Å²) >= 11 is 0. The molecule has 18 heavy (non-hydrogen) atoms. The summed E-state index contributed by atoms with van der Waals surface area (Å²) in [6.45, 7) is 4.29. The average molecular weight is 247 g/mol. The van der Waals surface area contributed by atoms with Gasteiger partial charge in [0.2, 0.25) is 0 Å². The van der Waals surface area contributed by atoms with Crippen molar-refractivity contribution in [2.24, 2.45) is 0 Å². The van der Waals surface area contributed by atoms with Crippen LogP contribution in [0.5, 0.6) is 5.75 Å². The van der Waals surface area contributed by atoms with Gasteiger partial charge in [-0.05, 0) is 11.6 Å².